The molecule has 0 aromatic heterocycles. The molecule has 2 aliphatic heterocycles. The van der Waals surface area contributed by atoms with Crippen LogP contribution in [0, 0.1) is 6.42 Å². The predicted octanol–water partition coefficient (Wildman–Crippen LogP) is 2.15. The average molecular weight is 357 g/mol. The monoisotopic (exact) mass is 357 g/mol. The van der Waals surface area contributed by atoms with Gasteiger partial charge in [0, 0.05) is 30.7 Å². The Bertz CT molecular complexity index is 898. The minimum Gasteiger partial charge on any atom is -0.269 e. The van der Waals surface area contributed by atoms with E-state index in [4.69, 9.17) is 0 Å². The van der Waals surface area contributed by atoms with Crippen molar-refractivity contribution in [1.29, 1.82) is 0 Å². The van der Waals surface area contributed by atoms with Crippen molar-refractivity contribution >= 4 is 35.0 Å². The number of imide groups is 2. The van der Waals surface area contributed by atoms with Crippen LogP contribution in [-0.2, 0) is 19.2 Å². The summed E-state index contributed by atoms with van der Waals surface area (Å²) in [5, 5.41) is 0. The van der Waals surface area contributed by atoms with Crippen LogP contribution in [0.25, 0.3) is 0 Å². The van der Waals surface area contributed by atoms with Crippen LogP contribution in [-0.4, -0.2) is 23.6 Å². The molecule has 2 aromatic rings. The van der Waals surface area contributed by atoms with Crippen molar-refractivity contribution in [3.63, 3.8) is 0 Å². The number of amides is 4. The number of anilines is 2. The maximum Gasteiger partial charge on any atom is 0.258 e. The van der Waals surface area contributed by atoms with E-state index >= 15 is 0 Å². The normalized spacial score (nSPS) is 16.1. The second-order valence-corrected chi connectivity index (χ2v) is 6.02. The molecule has 4 rings (SSSR count). The highest BCUT2D eigenvalue weighted by Crippen LogP contribution is 2.23. The lowest BCUT2D eigenvalue weighted by molar-refractivity contribution is -0.121. The van der Waals surface area contributed by atoms with Crippen LogP contribution < -0.4 is 9.80 Å². The standard InChI is InChI=1S/C21H13N2O4/c24-18-9-10-19(25)22(18)16-5-1-14(2-6-16)13-15-3-7-17(8-4-15)23-20(26)11-12-21(23)27/h1-13H. The van der Waals surface area contributed by atoms with Crippen LogP contribution in [0.4, 0.5) is 11.4 Å². The van der Waals surface area contributed by atoms with Gasteiger partial charge in [0.1, 0.15) is 0 Å². The first-order chi connectivity index (χ1) is 13.0. The fraction of sp³-hybridized carbons (Fsp3) is 0. The van der Waals surface area contributed by atoms with Crippen molar-refractivity contribution in [2.24, 2.45) is 0 Å². The molecule has 6 nitrogen and oxygen atoms in total. The molecule has 0 aliphatic carbocycles. The van der Waals surface area contributed by atoms with Crippen molar-refractivity contribution in [2.45, 2.75) is 0 Å². The molecule has 131 valence electrons. The van der Waals surface area contributed by atoms with Gasteiger partial charge in [-0.15, -0.1) is 0 Å². The zero-order chi connectivity index (χ0) is 19.0. The molecule has 0 unspecified atom stereocenters. The molecule has 0 saturated carbocycles. The molecule has 0 spiro atoms. The molecular weight excluding hydrogens is 344 g/mol. The lowest BCUT2D eigenvalue weighted by atomic mass is 10.0. The Morgan fingerprint density at radius 1 is 0.481 bits per heavy atom. The molecule has 0 fully saturated rings. The van der Waals surface area contributed by atoms with E-state index in [1.165, 1.54) is 24.3 Å². The van der Waals surface area contributed by atoms with E-state index in [-0.39, 0.29) is 23.6 Å². The quantitative estimate of drug-likeness (QED) is 0.786. The summed E-state index contributed by atoms with van der Waals surface area (Å²) in [6, 6.07) is 14.0. The van der Waals surface area contributed by atoms with Crippen molar-refractivity contribution < 1.29 is 19.2 Å². The Morgan fingerprint density at radius 3 is 1.07 bits per heavy atom. The number of rotatable bonds is 4. The molecule has 0 bridgehead atoms. The summed E-state index contributed by atoms with van der Waals surface area (Å²) in [5.74, 6) is -1.42. The highest BCUT2D eigenvalue weighted by molar-refractivity contribution is 6.28. The van der Waals surface area contributed by atoms with Gasteiger partial charge in [-0.1, -0.05) is 24.3 Å². The Morgan fingerprint density at radius 2 is 0.778 bits per heavy atom. The fourth-order valence-corrected chi connectivity index (χ4v) is 2.94. The predicted molar refractivity (Wildman–Crippen MR) is 98.7 cm³/mol. The summed E-state index contributed by atoms with van der Waals surface area (Å²) in [4.78, 5) is 49.0. The van der Waals surface area contributed by atoms with E-state index < -0.39 is 0 Å². The first kappa shape index (κ1) is 16.7. The molecule has 6 heteroatoms. The van der Waals surface area contributed by atoms with Gasteiger partial charge in [0.25, 0.3) is 23.6 Å². The molecule has 0 N–H and O–H groups in total. The second kappa shape index (κ2) is 6.49. The zero-order valence-electron chi connectivity index (χ0n) is 14.0. The highest BCUT2D eigenvalue weighted by atomic mass is 16.2. The van der Waals surface area contributed by atoms with Gasteiger partial charge in [-0.3, -0.25) is 19.2 Å². The Labute approximate surface area is 155 Å². The van der Waals surface area contributed by atoms with Gasteiger partial charge in [0.05, 0.1) is 11.4 Å². The third kappa shape index (κ3) is 3.08. The Kier molecular flexibility index (Phi) is 4.01. The third-order valence-electron chi connectivity index (χ3n) is 4.25. The molecule has 2 aromatic carbocycles. The van der Waals surface area contributed by atoms with Gasteiger partial charge < -0.3 is 0 Å². The van der Waals surface area contributed by atoms with Gasteiger partial charge in [-0.25, -0.2) is 9.80 Å². The van der Waals surface area contributed by atoms with Crippen molar-refractivity contribution in [2.75, 3.05) is 9.80 Å². The van der Waals surface area contributed by atoms with Crippen LogP contribution in [0.3, 0.4) is 0 Å². The lowest BCUT2D eigenvalue weighted by Crippen LogP contribution is -2.29. The minimum atomic E-state index is -0.354. The molecule has 2 aliphatic rings. The molecule has 2 heterocycles. The Hall–Kier alpha value is -3.80. The molecule has 1 radical (unpaired) electrons. The maximum atomic E-state index is 11.7. The van der Waals surface area contributed by atoms with E-state index in [2.05, 4.69) is 0 Å². The number of hydrogen-bond acceptors (Lipinski definition) is 4. The minimum absolute atomic E-state index is 0.354. The van der Waals surface area contributed by atoms with Gasteiger partial charge in [-0.05, 0) is 35.4 Å². The molecule has 27 heavy (non-hydrogen) atoms. The summed E-state index contributed by atoms with van der Waals surface area (Å²) >= 11 is 0. The Balaban J connectivity index is 1.47. The smallest absolute Gasteiger partial charge is 0.258 e. The molecule has 4 amide bonds. The largest absolute Gasteiger partial charge is 0.269 e. The summed E-state index contributed by atoms with van der Waals surface area (Å²) in [5.41, 5.74) is 2.80. The fourth-order valence-electron chi connectivity index (χ4n) is 2.94. The van der Waals surface area contributed by atoms with Crippen LogP contribution in [0.15, 0.2) is 72.8 Å². The van der Waals surface area contributed by atoms with E-state index in [0.29, 0.717) is 11.4 Å². The number of carbonyl (C=O) groups excluding carboxylic acids is 4. The third-order valence-corrected chi connectivity index (χ3v) is 4.25. The van der Waals surface area contributed by atoms with Crippen LogP contribution in [0.5, 0.6) is 0 Å². The summed E-state index contributed by atoms with van der Waals surface area (Å²) in [7, 11) is 0. The van der Waals surface area contributed by atoms with Crippen molar-refractivity contribution in [1.82, 2.24) is 0 Å². The van der Waals surface area contributed by atoms with Crippen molar-refractivity contribution in [3.8, 4) is 0 Å². The van der Waals surface area contributed by atoms with Crippen LogP contribution in [0.2, 0.25) is 0 Å². The van der Waals surface area contributed by atoms with Gasteiger partial charge >= 0.3 is 0 Å². The first-order valence-electron chi connectivity index (χ1n) is 8.20. The lowest BCUT2D eigenvalue weighted by Gasteiger charge is -2.15. The summed E-state index contributed by atoms with van der Waals surface area (Å²) < 4.78 is 0. The van der Waals surface area contributed by atoms with Crippen LogP contribution >= 0.6 is 0 Å². The maximum absolute atomic E-state index is 11.7. The first-order valence-corrected chi connectivity index (χ1v) is 8.20. The highest BCUT2D eigenvalue weighted by Gasteiger charge is 2.25. The number of benzene rings is 2. The average Bonchev–Trinajstić information content (AvgIpc) is 3.18. The van der Waals surface area contributed by atoms with E-state index in [1.54, 1.807) is 48.5 Å². The SMILES string of the molecule is O=C1C=CC(=O)N1c1ccc([CH]c2ccc(N3C(=O)C=CC3=O)cc2)cc1. The van der Waals surface area contributed by atoms with E-state index in [0.717, 1.165) is 20.9 Å². The van der Waals surface area contributed by atoms with Gasteiger partial charge in [-0.2, -0.15) is 0 Å². The van der Waals surface area contributed by atoms with Gasteiger partial charge in [0.2, 0.25) is 0 Å². The summed E-state index contributed by atoms with van der Waals surface area (Å²) in [6.07, 6.45) is 6.89. The van der Waals surface area contributed by atoms with E-state index in [9.17, 15) is 19.2 Å². The number of carbonyl (C=O) groups is 4. The number of nitrogens with zero attached hydrogens (tertiary/aromatic N) is 2. The zero-order valence-corrected chi connectivity index (χ0v) is 14.0. The topological polar surface area (TPSA) is 74.8 Å². The molecular formula is C21H13N2O4. The van der Waals surface area contributed by atoms with Gasteiger partial charge in [0.15, 0.2) is 0 Å². The van der Waals surface area contributed by atoms with Crippen molar-refractivity contribution in [3.05, 3.63) is 90.4 Å². The second-order valence-electron chi connectivity index (χ2n) is 6.02. The summed E-state index contributed by atoms with van der Waals surface area (Å²) in [6.45, 7) is 0. The molecule has 0 saturated heterocycles. The number of hydrogen-bond donors (Lipinski definition) is 0. The molecule has 0 atom stereocenters. The van der Waals surface area contributed by atoms with E-state index in [1.807, 2.05) is 6.42 Å². The van der Waals surface area contributed by atoms with Crippen LogP contribution in [0.1, 0.15) is 11.1 Å².